The van der Waals surface area contributed by atoms with Gasteiger partial charge in [0.25, 0.3) is 11.8 Å². The van der Waals surface area contributed by atoms with Crippen LogP contribution in [0.3, 0.4) is 0 Å². The highest BCUT2D eigenvalue weighted by Gasteiger charge is 2.18. The third-order valence-electron chi connectivity index (χ3n) is 4.30. The van der Waals surface area contributed by atoms with Crippen molar-refractivity contribution in [3.63, 3.8) is 0 Å². The van der Waals surface area contributed by atoms with Crippen LogP contribution in [0.15, 0.2) is 42.5 Å². The number of amides is 2. The monoisotopic (exact) mass is 370 g/mol. The van der Waals surface area contributed by atoms with Gasteiger partial charge in [0.2, 0.25) is 0 Å². The molecule has 3 rings (SSSR count). The van der Waals surface area contributed by atoms with Crippen LogP contribution in [-0.4, -0.2) is 57.2 Å². The molecule has 0 spiro atoms. The smallest absolute Gasteiger partial charge is 0.255 e. The summed E-state index contributed by atoms with van der Waals surface area (Å²) in [6.07, 6.45) is 0. The molecule has 1 heterocycles. The number of ether oxygens (including phenoxy) is 3. The average Bonchev–Trinajstić information content (AvgIpc) is 2.74. The third kappa shape index (κ3) is 4.57. The number of rotatable bonds is 5. The van der Waals surface area contributed by atoms with Crippen molar-refractivity contribution >= 4 is 17.5 Å². The number of carbonyl (C=O) groups is 2. The molecule has 1 fully saturated rings. The van der Waals surface area contributed by atoms with Crippen molar-refractivity contribution < 1.29 is 23.8 Å². The molecular formula is C20H22N2O5. The van der Waals surface area contributed by atoms with Gasteiger partial charge in [0, 0.05) is 36.0 Å². The summed E-state index contributed by atoms with van der Waals surface area (Å²) >= 11 is 0. The molecule has 1 N–H and O–H groups in total. The Morgan fingerprint density at radius 1 is 0.926 bits per heavy atom. The lowest BCUT2D eigenvalue weighted by atomic mass is 10.1. The molecule has 2 aromatic rings. The zero-order valence-electron chi connectivity index (χ0n) is 15.4. The zero-order chi connectivity index (χ0) is 19.2. The molecule has 2 amide bonds. The summed E-state index contributed by atoms with van der Waals surface area (Å²) in [5.41, 5.74) is 1.60. The summed E-state index contributed by atoms with van der Waals surface area (Å²) in [4.78, 5) is 26.7. The van der Waals surface area contributed by atoms with E-state index < -0.39 is 0 Å². The Labute approximate surface area is 157 Å². The maximum absolute atomic E-state index is 12.5. The van der Waals surface area contributed by atoms with Crippen molar-refractivity contribution in [1.29, 1.82) is 0 Å². The predicted molar refractivity (Wildman–Crippen MR) is 101 cm³/mol. The molecule has 27 heavy (non-hydrogen) atoms. The highest BCUT2D eigenvalue weighted by atomic mass is 16.5. The zero-order valence-corrected chi connectivity index (χ0v) is 15.4. The van der Waals surface area contributed by atoms with Gasteiger partial charge in [-0.1, -0.05) is 0 Å². The van der Waals surface area contributed by atoms with Crippen LogP contribution in [0.4, 0.5) is 5.69 Å². The van der Waals surface area contributed by atoms with Gasteiger partial charge in [0.1, 0.15) is 11.5 Å². The second-order valence-electron chi connectivity index (χ2n) is 6.04. The molecule has 0 aromatic heterocycles. The molecule has 0 atom stereocenters. The standard InChI is InChI=1S/C20H22N2O5/c1-25-17-11-15(12-18(13-17)26-2)19(23)21-16-5-3-14(4-6-16)20(24)22-7-9-27-10-8-22/h3-6,11-13H,7-10H2,1-2H3,(H,21,23). The van der Waals surface area contributed by atoms with Gasteiger partial charge in [0.15, 0.2) is 0 Å². The molecule has 0 radical (unpaired) electrons. The fourth-order valence-electron chi connectivity index (χ4n) is 2.79. The van der Waals surface area contributed by atoms with Gasteiger partial charge in [-0.25, -0.2) is 0 Å². The van der Waals surface area contributed by atoms with Gasteiger partial charge in [-0.2, -0.15) is 0 Å². The Hall–Kier alpha value is -3.06. The Morgan fingerprint density at radius 3 is 2.07 bits per heavy atom. The predicted octanol–water partition coefficient (Wildman–Crippen LogP) is 2.43. The maximum atomic E-state index is 12.5. The Morgan fingerprint density at radius 2 is 1.52 bits per heavy atom. The summed E-state index contributed by atoms with van der Waals surface area (Å²) in [6, 6.07) is 11.8. The van der Waals surface area contributed by atoms with E-state index in [2.05, 4.69) is 5.32 Å². The molecular weight excluding hydrogens is 348 g/mol. The normalized spacial score (nSPS) is 13.8. The van der Waals surface area contributed by atoms with Gasteiger partial charge in [-0.05, 0) is 36.4 Å². The topological polar surface area (TPSA) is 77.1 Å². The van der Waals surface area contributed by atoms with E-state index in [1.807, 2.05) is 0 Å². The summed E-state index contributed by atoms with van der Waals surface area (Å²) in [6.45, 7) is 2.30. The van der Waals surface area contributed by atoms with Gasteiger partial charge in [0.05, 0.1) is 27.4 Å². The summed E-state index contributed by atoms with van der Waals surface area (Å²) in [5, 5.41) is 2.81. The van der Waals surface area contributed by atoms with Crippen LogP contribution in [0.1, 0.15) is 20.7 Å². The number of morpholine rings is 1. The van der Waals surface area contributed by atoms with Crippen LogP contribution in [0.2, 0.25) is 0 Å². The number of carbonyl (C=O) groups excluding carboxylic acids is 2. The van der Waals surface area contributed by atoms with E-state index in [1.165, 1.54) is 14.2 Å². The molecule has 1 aliphatic rings. The van der Waals surface area contributed by atoms with Crippen LogP contribution in [-0.2, 0) is 4.74 Å². The fourth-order valence-corrected chi connectivity index (χ4v) is 2.79. The first-order chi connectivity index (χ1) is 13.1. The minimum atomic E-state index is -0.292. The molecule has 0 bridgehead atoms. The molecule has 7 heteroatoms. The number of anilines is 1. The average molecular weight is 370 g/mol. The molecule has 0 aliphatic carbocycles. The van der Waals surface area contributed by atoms with E-state index in [1.54, 1.807) is 47.4 Å². The first-order valence-electron chi connectivity index (χ1n) is 8.62. The number of methoxy groups -OCH3 is 2. The molecule has 2 aromatic carbocycles. The van der Waals surface area contributed by atoms with Crippen LogP contribution >= 0.6 is 0 Å². The van der Waals surface area contributed by atoms with Gasteiger partial charge >= 0.3 is 0 Å². The number of hydrogen-bond donors (Lipinski definition) is 1. The second kappa shape index (κ2) is 8.55. The van der Waals surface area contributed by atoms with Crippen LogP contribution in [0.5, 0.6) is 11.5 Å². The summed E-state index contributed by atoms with van der Waals surface area (Å²) < 4.78 is 15.6. The largest absolute Gasteiger partial charge is 0.497 e. The summed E-state index contributed by atoms with van der Waals surface area (Å²) in [7, 11) is 3.06. The lowest BCUT2D eigenvalue weighted by Crippen LogP contribution is -2.40. The Balaban J connectivity index is 1.69. The third-order valence-corrected chi connectivity index (χ3v) is 4.30. The maximum Gasteiger partial charge on any atom is 0.255 e. The van der Waals surface area contributed by atoms with E-state index in [0.717, 1.165) is 0 Å². The van der Waals surface area contributed by atoms with Crippen LogP contribution in [0, 0.1) is 0 Å². The van der Waals surface area contributed by atoms with E-state index in [4.69, 9.17) is 14.2 Å². The highest BCUT2D eigenvalue weighted by Crippen LogP contribution is 2.23. The molecule has 0 unspecified atom stereocenters. The van der Waals surface area contributed by atoms with Crippen molar-refractivity contribution in [2.45, 2.75) is 0 Å². The second-order valence-corrected chi connectivity index (χ2v) is 6.04. The SMILES string of the molecule is COc1cc(OC)cc(C(=O)Nc2ccc(C(=O)N3CCOCC3)cc2)c1. The van der Waals surface area contributed by atoms with Crippen LogP contribution < -0.4 is 14.8 Å². The number of nitrogens with zero attached hydrogens (tertiary/aromatic N) is 1. The molecule has 1 saturated heterocycles. The number of hydrogen-bond acceptors (Lipinski definition) is 5. The van der Waals surface area contributed by atoms with Gasteiger partial charge < -0.3 is 24.4 Å². The highest BCUT2D eigenvalue weighted by molar-refractivity contribution is 6.05. The number of benzene rings is 2. The van der Waals surface area contributed by atoms with E-state index in [-0.39, 0.29) is 11.8 Å². The molecule has 142 valence electrons. The Kier molecular flexibility index (Phi) is 5.93. The quantitative estimate of drug-likeness (QED) is 0.875. The Bertz CT molecular complexity index is 791. The lowest BCUT2D eigenvalue weighted by Gasteiger charge is -2.26. The first-order valence-corrected chi connectivity index (χ1v) is 8.62. The lowest BCUT2D eigenvalue weighted by molar-refractivity contribution is 0.0303. The van der Waals surface area contributed by atoms with Crippen molar-refractivity contribution in [2.24, 2.45) is 0 Å². The van der Waals surface area contributed by atoms with E-state index >= 15 is 0 Å². The number of nitrogens with one attached hydrogen (secondary N) is 1. The molecule has 1 aliphatic heterocycles. The van der Waals surface area contributed by atoms with Crippen molar-refractivity contribution in [3.05, 3.63) is 53.6 Å². The van der Waals surface area contributed by atoms with Gasteiger partial charge in [-0.3, -0.25) is 9.59 Å². The van der Waals surface area contributed by atoms with Crippen LogP contribution in [0.25, 0.3) is 0 Å². The molecule has 7 nitrogen and oxygen atoms in total. The fraction of sp³-hybridized carbons (Fsp3) is 0.300. The van der Waals surface area contributed by atoms with Crippen molar-refractivity contribution in [1.82, 2.24) is 4.90 Å². The minimum absolute atomic E-state index is 0.0336. The minimum Gasteiger partial charge on any atom is -0.497 e. The van der Waals surface area contributed by atoms with E-state index in [0.29, 0.717) is 54.6 Å². The van der Waals surface area contributed by atoms with Gasteiger partial charge in [-0.15, -0.1) is 0 Å². The van der Waals surface area contributed by atoms with Crippen molar-refractivity contribution in [3.8, 4) is 11.5 Å². The van der Waals surface area contributed by atoms with E-state index in [9.17, 15) is 9.59 Å². The van der Waals surface area contributed by atoms with Crippen molar-refractivity contribution in [2.75, 3.05) is 45.8 Å². The molecule has 0 saturated carbocycles. The first kappa shape index (κ1) is 18.7. The summed E-state index contributed by atoms with van der Waals surface area (Å²) in [5.74, 6) is 0.741.